The lowest BCUT2D eigenvalue weighted by atomic mass is 10.2. The minimum atomic E-state index is 0.547. The van der Waals surface area contributed by atoms with Crippen LogP contribution in [0.2, 0.25) is 0 Å². The van der Waals surface area contributed by atoms with Gasteiger partial charge in [0.25, 0.3) is 0 Å². The molecule has 84 valence electrons. The second-order valence-corrected chi connectivity index (χ2v) is 4.34. The van der Waals surface area contributed by atoms with Crippen LogP contribution in [0.5, 0.6) is 10.8 Å². The van der Waals surface area contributed by atoms with E-state index in [0.29, 0.717) is 13.2 Å². The number of benzene rings is 1. The normalized spacial score (nSPS) is 10.3. The second-order valence-electron chi connectivity index (χ2n) is 3.30. The number of hydrogen-bond acceptors (Lipinski definition) is 3. The zero-order valence-electron chi connectivity index (χ0n) is 9.23. The van der Waals surface area contributed by atoms with Gasteiger partial charge in [-0.1, -0.05) is 24.0 Å². The van der Waals surface area contributed by atoms with Gasteiger partial charge in [-0.3, -0.25) is 0 Å². The Labute approximate surface area is 99.1 Å². The van der Waals surface area contributed by atoms with E-state index in [0.717, 1.165) is 10.8 Å². The summed E-state index contributed by atoms with van der Waals surface area (Å²) >= 11 is 1.63. The quantitative estimate of drug-likeness (QED) is 0.731. The zero-order valence-corrected chi connectivity index (χ0v) is 10.0. The van der Waals surface area contributed by atoms with Gasteiger partial charge in [-0.15, -0.1) is 0 Å². The summed E-state index contributed by atoms with van der Waals surface area (Å²) in [5.74, 6) is 0.909. The Morgan fingerprint density at radius 1 is 1.31 bits per heavy atom. The molecule has 0 bridgehead atoms. The van der Waals surface area contributed by atoms with Crippen molar-refractivity contribution in [1.29, 1.82) is 0 Å². The predicted octanol–water partition coefficient (Wildman–Crippen LogP) is 3.86. The van der Waals surface area contributed by atoms with Crippen LogP contribution in [0.1, 0.15) is 6.92 Å². The maximum Gasteiger partial charge on any atom is 0.175 e. The molecule has 0 unspecified atom stereocenters. The molecule has 0 aliphatic carbocycles. The van der Waals surface area contributed by atoms with Crippen molar-refractivity contribution < 1.29 is 9.47 Å². The fraction of sp³-hybridized carbons (Fsp3) is 0.231. The van der Waals surface area contributed by atoms with E-state index in [1.165, 1.54) is 10.1 Å². The van der Waals surface area contributed by atoms with Crippen LogP contribution in [-0.2, 0) is 0 Å². The predicted molar refractivity (Wildman–Crippen MR) is 68.7 cm³/mol. The van der Waals surface area contributed by atoms with Crippen molar-refractivity contribution in [2.24, 2.45) is 0 Å². The van der Waals surface area contributed by atoms with E-state index in [1.807, 2.05) is 25.1 Å². The van der Waals surface area contributed by atoms with Crippen molar-refractivity contribution in [3.8, 4) is 10.8 Å². The molecule has 0 amide bonds. The van der Waals surface area contributed by atoms with E-state index < -0.39 is 0 Å². The summed E-state index contributed by atoms with van der Waals surface area (Å²) in [7, 11) is 0. The molecule has 0 N–H and O–H groups in total. The Bertz CT molecular complexity index is 488. The largest absolute Gasteiger partial charge is 0.494 e. The third kappa shape index (κ3) is 2.36. The van der Waals surface area contributed by atoms with Crippen LogP contribution in [-0.4, -0.2) is 13.2 Å². The average molecular weight is 234 g/mol. The Balaban J connectivity index is 2.26. The molecule has 0 aliphatic rings. The smallest absolute Gasteiger partial charge is 0.175 e. The van der Waals surface area contributed by atoms with Crippen molar-refractivity contribution >= 4 is 21.4 Å². The maximum absolute atomic E-state index is 5.50. The molecular formula is C13H14O2S. The van der Waals surface area contributed by atoms with E-state index in [-0.39, 0.29) is 0 Å². The van der Waals surface area contributed by atoms with E-state index in [1.54, 1.807) is 17.4 Å². The van der Waals surface area contributed by atoms with Gasteiger partial charge in [0.05, 0.1) is 6.61 Å². The fourth-order valence-electron chi connectivity index (χ4n) is 1.46. The Morgan fingerprint density at radius 3 is 2.94 bits per heavy atom. The van der Waals surface area contributed by atoms with E-state index >= 15 is 0 Å². The average Bonchev–Trinajstić information content (AvgIpc) is 2.68. The highest BCUT2D eigenvalue weighted by molar-refractivity contribution is 7.20. The minimum Gasteiger partial charge on any atom is -0.494 e. The number of rotatable bonds is 5. The molecule has 0 saturated heterocycles. The van der Waals surface area contributed by atoms with Crippen LogP contribution < -0.4 is 9.47 Å². The Kier molecular flexibility index (Phi) is 3.47. The second kappa shape index (κ2) is 5.03. The first-order valence-electron chi connectivity index (χ1n) is 5.23. The molecule has 2 nitrogen and oxygen atoms in total. The minimum absolute atomic E-state index is 0.547. The maximum atomic E-state index is 5.50. The number of fused-ring (bicyclic) bond motifs is 1. The van der Waals surface area contributed by atoms with Gasteiger partial charge in [-0.05, 0) is 36.6 Å². The standard InChI is InChI=1S/C13H14O2S/c1-3-7-15-13-8-10-5-6-11(14-4-2)9-12(10)16-13/h3,5-6,8-9H,1,4,7H2,2H3. The molecule has 1 aromatic heterocycles. The monoisotopic (exact) mass is 234 g/mol. The lowest BCUT2D eigenvalue weighted by Gasteiger charge is -2.01. The molecule has 0 aliphatic heterocycles. The van der Waals surface area contributed by atoms with Gasteiger partial charge in [-0.25, -0.2) is 0 Å². The summed E-state index contributed by atoms with van der Waals surface area (Å²) in [6, 6.07) is 8.12. The molecule has 1 aromatic carbocycles. The number of ether oxygens (including phenoxy) is 2. The first kappa shape index (κ1) is 11.0. The van der Waals surface area contributed by atoms with Gasteiger partial charge >= 0.3 is 0 Å². The van der Waals surface area contributed by atoms with E-state index in [9.17, 15) is 0 Å². The number of thiophene rings is 1. The van der Waals surface area contributed by atoms with Crippen LogP contribution in [0.3, 0.4) is 0 Å². The molecule has 0 fully saturated rings. The molecular weight excluding hydrogens is 220 g/mol. The lowest BCUT2D eigenvalue weighted by molar-refractivity contribution is 0.341. The zero-order chi connectivity index (χ0) is 11.4. The highest BCUT2D eigenvalue weighted by atomic mass is 32.1. The molecule has 2 aromatic rings. The van der Waals surface area contributed by atoms with Crippen molar-refractivity contribution in [2.45, 2.75) is 6.92 Å². The summed E-state index contributed by atoms with van der Waals surface area (Å²) in [6.07, 6.45) is 1.75. The highest BCUT2D eigenvalue weighted by Crippen LogP contribution is 2.33. The first-order chi connectivity index (χ1) is 7.83. The molecule has 16 heavy (non-hydrogen) atoms. The van der Waals surface area contributed by atoms with E-state index in [2.05, 4.69) is 12.6 Å². The molecule has 2 rings (SSSR count). The first-order valence-corrected chi connectivity index (χ1v) is 6.05. The van der Waals surface area contributed by atoms with Gasteiger partial charge in [0, 0.05) is 4.70 Å². The van der Waals surface area contributed by atoms with Crippen LogP contribution >= 0.6 is 11.3 Å². The van der Waals surface area contributed by atoms with Crippen LogP contribution in [0.15, 0.2) is 36.9 Å². The summed E-state index contributed by atoms with van der Waals surface area (Å²) in [5, 5.41) is 2.11. The molecule has 0 atom stereocenters. The third-order valence-corrected chi connectivity index (χ3v) is 3.13. The highest BCUT2D eigenvalue weighted by Gasteiger charge is 2.03. The summed E-state index contributed by atoms with van der Waals surface area (Å²) < 4.78 is 12.1. The fourth-order valence-corrected chi connectivity index (χ4v) is 2.41. The van der Waals surface area contributed by atoms with Gasteiger partial charge < -0.3 is 9.47 Å². The molecule has 0 spiro atoms. The SMILES string of the molecule is C=CCOc1cc2ccc(OCC)cc2s1. The summed E-state index contributed by atoms with van der Waals surface area (Å²) in [5.41, 5.74) is 0. The summed E-state index contributed by atoms with van der Waals surface area (Å²) in [6.45, 7) is 6.85. The van der Waals surface area contributed by atoms with Gasteiger partial charge in [0.1, 0.15) is 12.4 Å². The molecule has 0 radical (unpaired) electrons. The van der Waals surface area contributed by atoms with Crippen molar-refractivity contribution in [1.82, 2.24) is 0 Å². The third-order valence-electron chi connectivity index (χ3n) is 2.12. The van der Waals surface area contributed by atoms with Crippen LogP contribution in [0.25, 0.3) is 10.1 Å². The lowest BCUT2D eigenvalue weighted by Crippen LogP contribution is -1.89. The summed E-state index contributed by atoms with van der Waals surface area (Å²) in [4.78, 5) is 0. The van der Waals surface area contributed by atoms with E-state index in [4.69, 9.17) is 9.47 Å². The van der Waals surface area contributed by atoms with Crippen LogP contribution in [0, 0.1) is 0 Å². The van der Waals surface area contributed by atoms with Gasteiger partial charge in [0.2, 0.25) is 0 Å². The van der Waals surface area contributed by atoms with Gasteiger partial charge in [-0.2, -0.15) is 0 Å². The van der Waals surface area contributed by atoms with Crippen molar-refractivity contribution in [3.05, 3.63) is 36.9 Å². The number of hydrogen-bond donors (Lipinski definition) is 0. The van der Waals surface area contributed by atoms with Crippen molar-refractivity contribution in [2.75, 3.05) is 13.2 Å². The Morgan fingerprint density at radius 2 is 2.19 bits per heavy atom. The molecule has 3 heteroatoms. The van der Waals surface area contributed by atoms with Crippen molar-refractivity contribution in [3.63, 3.8) is 0 Å². The molecule has 1 heterocycles. The van der Waals surface area contributed by atoms with Crippen LogP contribution in [0.4, 0.5) is 0 Å². The Hall–Kier alpha value is -1.48. The topological polar surface area (TPSA) is 18.5 Å². The molecule has 0 saturated carbocycles. The van der Waals surface area contributed by atoms with Gasteiger partial charge in [0.15, 0.2) is 5.06 Å².